The number of amides is 1. The molecule has 0 saturated carbocycles. The van der Waals surface area contributed by atoms with Crippen LogP contribution in [-0.4, -0.2) is 20.4 Å². The Morgan fingerprint density at radius 2 is 2.00 bits per heavy atom. The molecule has 6 heteroatoms. The smallest absolute Gasteiger partial charge is 0.263 e. The number of nitrogens with zero attached hydrogens (tertiary/aromatic N) is 3. The molecule has 0 bridgehead atoms. The molecule has 0 aliphatic carbocycles. The van der Waals surface area contributed by atoms with E-state index in [1.165, 1.54) is 10.6 Å². The number of nitrogens with one attached hydrogen (secondary N) is 1. The Morgan fingerprint density at radius 1 is 1.17 bits per heavy atom. The first-order valence-corrected chi connectivity index (χ1v) is 7.45. The van der Waals surface area contributed by atoms with Gasteiger partial charge >= 0.3 is 0 Å². The lowest BCUT2D eigenvalue weighted by Gasteiger charge is -2.10. The van der Waals surface area contributed by atoms with Crippen LogP contribution < -0.4 is 10.9 Å². The number of aromatic nitrogens is 3. The van der Waals surface area contributed by atoms with Gasteiger partial charge in [-0.2, -0.15) is 0 Å². The van der Waals surface area contributed by atoms with E-state index in [4.69, 9.17) is 0 Å². The minimum absolute atomic E-state index is 0.117. The highest BCUT2D eigenvalue weighted by molar-refractivity contribution is 5.93. The van der Waals surface area contributed by atoms with Crippen LogP contribution in [0.2, 0.25) is 0 Å². The molecule has 0 radical (unpaired) electrons. The van der Waals surface area contributed by atoms with E-state index in [1.807, 2.05) is 24.3 Å². The second-order valence-electron chi connectivity index (χ2n) is 5.27. The predicted octanol–water partition coefficient (Wildman–Crippen LogP) is 1.77. The molecule has 1 amide bonds. The van der Waals surface area contributed by atoms with E-state index < -0.39 is 5.91 Å². The molecule has 0 atom stereocenters. The molecule has 3 heterocycles. The van der Waals surface area contributed by atoms with Gasteiger partial charge < -0.3 is 9.88 Å². The average Bonchev–Trinajstić information content (AvgIpc) is 2.63. The summed E-state index contributed by atoms with van der Waals surface area (Å²) in [6, 6.07) is 10.6. The molecule has 0 aliphatic heterocycles. The Kier molecular flexibility index (Phi) is 4.47. The zero-order chi connectivity index (χ0) is 16.9. The molecular formula is C18H16N4O2. The zero-order valence-corrected chi connectivity index (χ0v) is 13.1. The number of rotatable bonds is 4. The van der Waals surface area contributed by atoms with Crippen molar-refractivity contribution in [1.82, 2.24) is 19.9 Å². The Balaban J connectivity index is 1.82. The highest BCUT2D eigenvalue weighted by atomic mass is 16.2. The summed E-state index contributed by atoms with van der Waals surface area (Å²) in [5.41, 5.74) is 2.27. The molecule has 120 valence electrons. The van der Waals surface area contributed by atoms with Crippen molar-refractivity contribution in [3.63, 3.8) is 0 Å². The third kappa shape index (κ3) is 3.22. The van der Waals surface area contributed by atoms with Crippen LogP contribution in [0.1, 0.15) is 15.9 Å². The van der Waals surface area contributed by atoms with Crippen LogP contribution in [0.25, 0.3) is 11.3 Å². The number of carbonyl (C=O) groups is 1. The molecule has 0 unspecified atom stereocenters. The van der Waals surface area contributed by atoms with Crippen molar-refractivity contribution in [3.8, 4) is 11.3 Å². The van der Waals surface area contributed by atoms with E-state index in [9.17, 15) is 9.59 Å². The molecule has 0 spiro atoms. The largest absolute Gasteiger partial charge is 0.348 e. The average molecular weight is 320 g/mol. The van der Waals surface area contributed by atoms with Crippen LogP contribution in [0.4, 0.5) is 0 Å². The summed E-state index contributed by atoms with van der Waals surface area (Å²) >= 11 is 0. The van der Waals surface area contributed by atoms with Crippen molar-refractivity contribution in [2.24, 2.45) is 7.05 Å². The summed E-state index contributed by atoms with van der Waals surface area (Å²) < 4.78 is 1.38. The van der Waals surface area contributed by atoms with Crippen LogP contribution in [-0.2, 0) is 13.6 Å². The minimum Gasteiger partial charge on any atom is -0.348 e. The monoisotopic (exact) mass is 320 g/mol. The molecule has 6 nitrogen and oxygen atoms in total. The van der Waals surface area contributed by atoms with E-state index >= 15 is 0 Å². The number of pyridine rings is 3. The summed E-state index contributed by atoms with van der Waals surface area (Å²) in [6.45, 7) is 0.273. The Hall–Kier alpha value is -3.28. The summed E-state index contributed by atoms with van der Waals surface area (Å²) in [4.78, 5) is 32.7. The van der Waals surface area contributed by atoms with Crippen LogP contribution in [0.15, 0.2) is 66.0 Å². The summed E-state index contributed by atoms with van der Waals surface area (Å²) in [7, 11) is 1.61. The van der Waals surface area contributed by atoms with Crippen LogP contribution in [0.5, 0.6) is 0 Å². The van der Waals surface area contributed by atoms with Crippen LogP contribution in [0, 0.1) is 0 Å². The maximum absolute atomic E-state index is 12.3. The fourth-order valence-corrected chi connectivity index (χ4v) is 2.38. The molecule has 3 aromatic heterocycles. The topological polar surface area (TPSA) is 76.9 Å². The van der Waals surface area contributed by atoms with E-state index in [1.54, 1.807) is 37.9 Å². The van der Waals surface area contributed by atoms with Crippen molar-refractivity contribution in [1.29, 1.82) is 0 Å². The highest BCUT2D eigenvalue weighted by Crippen LogP contribution is 2.19. The molecule has 0 fully saturated rings. The molecular weight excluding hydrogens is 304 g/mol. The second-order valence-corrected chi connectivity index (χ2v) is 5.27. The van der Waals surface area contributed by atoms with E-state index in [0.717, 1.165) is 16.8 Å². The quantitative estimate of drug-likeness (QED) is 0.795. The number of hydrogen-bond donors (Lipinski definition) is 1. The maximum atomic E-state index is 12.3. The summed E-state index contributed by atoms with van der Waals surface area (Å²) in [5.74, 6) is -0.405. The van der Waals surface area contributed by atoms with Crippen LogP contribution in [0.3, 0.4) is 0 Å². The molecule has 3 aromatic rings. The normalized spacial score (nSPS) is 10.4. The lowest BCUT2D eigenvalue weighted by molar-refractivity contribution is 0.0949. The van der Waals surface area contributed by atoms with Gasteiger partial charge in [0.15, 0.2) is 0 Å². The van der Waals surface area contributed by atoms with Crippen molar-refractivity contribution in [2.45, 2.75) is 6.54 Å². The van der Waals surface area contributed by atoms with Gasteiger partial charge in [-0.3, -0.25) is 19.6 Å². The first-order chi connectivity index (χ1) is 11.7. The zero-order valence-electron chi connectivity index (χ0n) is 13.1. The van der Waals surface area contributed by atoms with Crippen molar-refractivity contribution in [2.75, 3.05) is 0 Å². The van der Waals surface area contributed by atoms with Crippen molar-refractivity contribution >= 4 is 5.91 Å². The first-order valence-electron chi connectivity index (χ1n) is 7.45. The molecule has 3 rings (SSSR count). The lowest BCUT2D eigenvalue weighted by atomic mass is 10.1. The number of carbonyl (C=O) groups excluding carboxylic acids is 1. The first kappa shape index (κ1) is 15.6. The third-order valence-corrected chi connectivity index (χ3v) is 3.63. The van der Waals surface area contributed by atoms with Gasteiger partial charge in [0.2, 0.25) is 0 Å². The van der Waals surface area contributed by atoms with Gasteiger partial charge in [0.25, 0.3) is 11.5 Å². The van der Waals surface area contributed by atoms with Gasteiger partial charge in [0, 0.05) is 43.9 Å². The van der Waals surface area contributed by atoms with Gasteiger partial charge in [-0.1, -0.05) is 6.07 Å². The Bertz CT molecular complexity index is 920. The van der Waals surface area contributed by atoms with Crippen molar-refractivity contribution in [3.05, 3.63) is 82.7 Å². The highest BCUT2D eigenvalue weighted by Gasteiger charge is 2.12. The van der Waals surface area contributed by atoms with Gasteiger partial charge in [-0.25, -0.2) is 0 Å². The van der Waals surface area contributed by atoms with Crippen LogP contribution >= 0.6 is 0 Å². The van der Waals surface area contributed by atoms with Gasteiger partial charge in [0.1, 0.15) is 5.56 Å². The summed E-state index contributed by atoms with van der Waals surface area (Å²) in [6.07, 6.45) is 6.72. The van der Waals surface area contributed by atoms with Gasteiger partial charge in [-0.05, 0) is 35.9 Å². The molecule has 1 N–H and O–H groups in total. The predicted molar refractivity (Wildman–Crippen MR) is 90.3 cm³/mol. The standard InChI is InChI=1S/C18H16N4O2/c1-22-10-4-7-15(18(22)24)17(23)21-12-14-6-3-9-20-16(14)13-5-2-8-19-11-13/h2-11H,12H2,1H3,(H,21,23). The minimum atomic E-state index is -0.405. The molecule has 0 aliphatic rings. The lowest BCUT2D eigenvalue weighted by Crippen LogP contribution is -2.31. The number of hydrogen-bond acceptors (Lipinski definition) is 4. The van der Waals surface area contributed by atoms with Crippen molar-refractivity contribution < 1.29 is 4.79 Å². The molecule has 0 saturated heterocycles. The summed E-state index contributed by atoms with van der Waals surface area (Å²) in [5, 5.41) is 2.78. The SMILES string of the molecule is Cn1cccc(C(=O)NCc2cccnc2-c2cccnc2)c1=O. The second kappa shape index (κ2) is 6.87. The van der Waals surface area contributed by atoms with Gasteiger partial charge in [0.05, 0.1) is 5.69 Å². The van der Waals surface area contributed by atoms with E-state index in [0.29, 0.717) is 0 Å². The fourth-order valence-electron chi connectivity index (χ4n) is 2.38. The van der Waals surface area contributed by atoms with Gasteiger partial charge in [-0.15, -0.1) is 0 Å². The van der Waals surface area contributed by atoms with E-state index in [-0.39, 0.29) is 17.7 Å². The molecule has 24 heavy (non-hydrogen) atoms. The molecule has 0 aromatic carbocycles. The number of aryl methyl sites for hydroxylation is 1. The maximum Gasteiger partial charge on any atom is 0.263 e. The fraction of sp³-hybridized carbons (Fsp3) is 0.111. The third-order valence-electron chi connectivity index (χ3n) is 3.63. The Labute approximate surface area is 138 Å². The Morgan fingerprint density at radius 3 is 2.79 bits per heavy atom. The van der Waals surface area contributed by atoms with E-state index in [2.05, 4.69) is 15.3 Å².